The Labute approximate surface area is 131 Å². The summed E-state index contributed by atoms with van der Waals surface area (Å²) in [5.41, 5.74) is 2.14. The highest BCUT2D eigenvalue weighted by Crippen LogP contribution is 2.26. The van der Waals surface area contributed by atoms with Crippen LogP contribution in [0.4, 0.5) is 24.5 Å². The highest BCUT2D eigenvalue weighted by molar-refractivity contribution is 5.43. The summed E-state index contributed by atoms with van der Waals surface area (Å²) in [5, 5.41) is 16.7. The van der Waals surface area contributed by atoms with E-state index in [4.69, 9.17) is 5.11 Å². The van der Waals surface area contributed by atoms with Gasteiger partial charge in [0.2, 0.25) is 0 Å². The summed E-state index contributed by atoms with van der Waals surface area (Å²) in [5.74, 6) is -0.301. The summed E-state index contributed by atoms with van der Waals surface area (Å²) in [6, 6.07) is 12.5. The van der Waals surface area contributed by atoms with Gasteiger partial charge in [-0.1, -0.05) is 12.1 Å². The van der Waals surface area contributed by atoms with E-state index in [-0.39, 0.29) is 12.4 Å². The van der Waals surface area contributed by atoms with E-state index >= 15 is 0 Å². The molecule has 0 unspecified atom stereocenters. The molecule has 2 aromatic carbocycles. The van der Waals surface area contributed by atoms with Crippen molar-refractivity contribution in [1.29, 1.82) is 0 Å². The van der Waals surface area contributed by atoms with Crippen LogP contribution in [0.3, 0.4) is 0 Å². The molecule has 0 saturated heterocycles. The molecule has 0 saturated carbocycles. The Hall–Kier alpha value is -2.41. The molecule has 0 spiro atoms. The Bertz CT molecular complexity index is 638. The average Bonchev–Trinajstić information content (AvgIpc) is 2.52. The minimum absolute atomic E-state index is 0.148. The van der Waals surface area contributed by atoms with Gasteiger partial charge in [0.1, 0.15) is 5.75 Å². The van der Waals surface area contributed by atoms with Gasteiger partial charge in [-0.2, -0.15) is 10.2 Å². The van der Waals surface area contributed by atoms with Gasteiger partial charge in [-0.15, -0.1) is 13.2 Å². The van der Waals surface area contributed by atoms with Crippen LogP contribution in [-0.2, 0) is 6.42 Å². The van der Waals surface area contributed by atoms with Crippen molar-refractivity contribution in [1.82, 2.24) is 0 Å². The quantitative estimate of drug-likeness (QED) is 0.766. The molecule has 0 aliphatic rings. The van der Waals surface area contributed by atoms with Gasteiger partial charge < -0.3 is 9.84 Å². The van der Waals surface area contributed by atoms with Crippen LogP contribution in [-0.4, -0.2) is 18.1 Å². The summed E-state index contributed by atoms with van der Waals surface area (Å²) in [7, 11) is 0. The van der Waals surface area contributed by atoms with Crippen molar-refractivity contribution in [3.63, 3.8) is 0 Å². The predicted molar refractivity (Wildman–Crippen MR) is 79.1 cm³/mol. The molecule has 0 atom stereocenters. The summed E-state index contributed by atoms with van der Waals surface area (Å²) in [4.78, 5) is 0. The molecule has 23 heavy (non-hydrogen) atoms. The van der Waals surface area contributed by atoms with Gasteiger partial charge in [0, 0.05) is 6.61 Å². The molecule has 4 nitrogen and oxygen atoms in total. The zero-order chi connectivity index (χ0) is 16.7. The summed E-state index contributed by atoms with van der Waals surface area (Å²) in [6.07, 6.45) is -3.22. The maximum absolute atomic E-state index is 12.0. The third-order valence-electron chi connectivity index (χ3n) is 2.91. The predicted octanol–water partition coefficient (Wildman–Crippen LogP) is 4.93. The number of rotatable bonds is 6. The Balaban J connectivity index is 1.97. The van der Waals surface area contributed by atoms with E-state index in [1.807, 2.05) is 12.1 Å². The summed E-state index contributed by atoms with van der Waals surface area (Å²) in [6.45, 7) is 0.148. The normalized spacial score (nSPS) is 11.8. The Kier molecular flexibility index (Phi) is 5.70. The first-order valence-corrected chi connectivity index (χ1v) is 6.93. The molecule has 0 heterocycles. The molecule has 2 rings (SSSR count). The monoisotopic (exact) mass is 324 g/mol. The highest BCUT2D eigenvalue weighted by atomic mass is 19.4. The van der Waals surface area contributed by atoms with Crippen LogP contribution in [0.25, 0.3) is 0 Å². The van der Waals surface area contributed by atoms with Crippen LogP contribution >= 0.6 is 0 Å². The number of hydrogen-bond donors (Lipinski definition) is 1. The fourth-order valence-electron chi connectivity index (χ4n) is 1.84. The fraction of sp³-hybridized carbons (Fsp3) is 0.250. The molecule has 0 amide bonds. The SMILES string of the molecule is OCCCc1ccc(N=Nc2ccc(OC(F)(F)F)cc2)cc1. The summed E-state index contributed by atoms with van der Waals surface area (Å²) < 4.78 is 39.9. The van der Waals surface area contributed by atoms with E-state index in [0.29, 0.717) is 17.8 Å². The standard InChI is InChI=1S/C16H15F3N2O2/c17-16(18,19)23-15-9-7-14(8-10-15)21-20-13-5-3-12(4-6-13)2-1-11-22/h3-10,22H,1-2,11H2. The van der Waals surface area contributed by atoms with E-state index < -0.39 is 6.36 Å². The molecular formula is C16H15F3N2O2. The lowest BCUT2D eigenvalue weighted by molar-refractivity contribution is -0.274. The topological polar surface area (TPSA) is 54.2 Å². The molecule has 0 radical (unpaired) electrons. The number of ether oxygens (including phenoxy) is 1. The number of alkyl halides is 3. The minimum Gasteiger partial charge on any atom is -0.406 e. The second-order valence-electron chi connectivity index (χ2n) is 4.74. The molecule has 0 fully saturated rings. The fourth-order valence-corrected chi connectivity index (χ4v) is 1.84. The van der Waals surface area contributed by atoms with Crippen LogP contribution < -0.4 is 4.74 Å². The van der Waals surface area contributed by atoms with Gasteiger partial charge in [-0.05, 0) is 54.8 Å². The molecule has 0 aliphatic carbocycles. The third kappa shape index (κ3) is 6.07. The van der Waals surface area contributed by atoms with Gasteiger partial charge in [-0.25, -0.2) is 0 Å². The number of aliphatic hydroxyl groups excluding tert-OH is 1. The van der Waals surface area contributed by atoms with Crippen LogP contribution in [0.15, 0.2) is 58.8 Å². The number of aryl methyl sites for hydroxylation is 1. The van der Waals surface area contributed by atoms with Crippen molar-refractivity contribution in [3.8, 4) is 5.75 Å². The Morgan fingerprint density at radius 3 is 1.87 bits per heavy atom. The minimum atomic E-state index is -4.71. The number of hydrogen-bond acceptors (Lipinski definition) is 4. The third-order valence-corrected chi connectivity index (χ3v) is 2.91. The molecule has 2 aromatic rings. The first kappa shape index (κ1) is 17.0. The highest BCUT2D eigenvalue weighted by Gasteiger charge is 2.30. The van der Waals surface area contributed by atoms with Crippen molar-refractivity contribution in [3.05, 3.63) is 54.1 Å². The van der Waals surface area contributed by atoms with E-state index in [1.54, 1.807) is 12.1 Å². The van der Waals surface area contributed by atoms with Crippen LogP contribution in [0, 0.1) is 0 Å². The van der Waals surface area contributed by atoms with Crippen molar-refractivity contribution < 1.29 is 23.0 Å². The van der Waals surface area contributed by atoms with Crippen molar-refractivity contribution in [2.24, 2.45) is 10.2 Å². The molecule has 0 aliphatic heterocycles. The van der Waals surface area contributed by atoms with Gasteiger partial charge in [0.15, 0.2) is 0 Å². The first-order chi connectivity index (χ1) is 11.0. The molecule has 122 valence electrons. The van der Waals surface area contributed by atoms with Crippen molar-refractivity contribution in [2.45, 2.75) is 19.2 Å². The number of aliphatic hydroxyl groups is 1. The van der Waals surface area contributed by atoms with Gasteiger partial charge >= 0.3 is 6.36 Å². The number of nitrogens with zero attached hydrogens (tertiary/aromatic N) is 2. The van der Waals surface area contributed by atoms with E-state index in [2.05, 4.69) is 15.0 Å². The largest absolute Gasteiger partial charge is 0.573 e. The Morgan fingerprint density at radius 2 is 1.39 bits per heavy atom. The van der Waals surface area contributed by atoms with E-state index in [9.17, 15) is 13.2 Å². The molecule has 0 aromatic heterocycles. The van der Waals surface area contributed by atoms with Gasteiger partial charge in [0.05, 0.1) is 11.4 Å². The van der Waals surface area contributed by atoms with Gasteiger partial charge in [-0.3, -0.25) is 0 Å². The van der Waals surface area contributed by atoms with Crippen molar-refractivity contribution >= 4 is 11.4 Å². The maximum Gasteiger partial charge on any atom is 0.573 e. The Morgan fingerprint density at radius 1 is 0.870 bits per heavy atom. The van der Waals surface area contributed by atoms with Crippen LogP contribution in [0.5, 0.6) is 5.75 Å². The van der Waals surface area contributed by atoms with Crippen LogP contribution in [0.1, 0.15) is 12.0 Å². The number of benzene rings is 2. The molecule has 7 heteroatoms. The molecule has 0 bridgehead atoms. The average molecular weight is 324 g/mol. The lowest BCUT2D eigenvalue weighted by Crippen LogP contribution is -2.16. The number of azo groups is 1. The zero-order valence-corrected chi connectivity index (χ0v) is 12.1. The maximum atomic E-state index is 12.0. The number of halogens is 3. The van der Waals surface area contributed by atoms with E-state index in [1.165, 1.54) is 24.3 Å². The molecule has 1 N–H and O–H groups in total. The second kappa shape index (κ2) is 7.73. The van der Waals surface area contributed by atoms with Crippen LogP contribution in [0.2, 0.25) is 0 Å². The summed E-state index contributed by atoms with van der Waals surface area (Å²) >= 11 is 0. The zero-order valence-electron chi connectivity index (χ0n) is 12.1. The van der Waals surface area contributed by atoms with Crippen molar-refractivity contribution in [2.75, 3.05) is 6.61 Å². The lowest BCUT2D eigenvalue weighted by Gasteiger charge is -2.08. The van der Waals surface area contributed by atoms with Gasteiger partial charge in [0.25, 0.3) is 0 Å². The molecular weight excluding hydrogens is 309 g/mol. The van der Waals surface area contributed by atoms with E-state index in [0.717, 1.165) is 12.0 Å². The second-order valence-corrected chi connectivity index (χ2v) is 4.74. The first-order valence-electron chi connectivity index (χ1n) is 6.93. The lowest BCUT2D eigenvalue weighted by atomic mass is 10.1. The smallest absolute Gasteiger partial charge is 0.406 e.